The van der Waals surface area contributed by atoms with Gasteiger partial charge < -0.3 is 5.32 Å². The molecule has 5 rings (SSSR count). The molecule has 1 atom stereocenters. The van der Waals surface area contributed by atoms with Crippen molar-refractivity contribution < 1.29 is 14.4 Å². The van der Waals surface area contributed by atoms with E-state index in [1.54, 1.807) is 36.0 Å². The molecule has 3 heterocycles. The lowest BCUT2D eigenvalue weighted by Crippen LogP contribution is -2.47. The van der Waals surface area contributed by atoms with Crippen molar-refractivity contribution in [1.82, 2.24) is 14.8 Å². The molecule has 0 radical (unpaired) electrons. The topological polar surface area (TPSA) is 82.6 Å². The van der Waals surface area contributed by atoms with Crippen LogP contribution in [-0.2, 0) is 24.3 Å². The van der Waals surface area contributed by atoms with Crippen LogP contribution in [0.5, 0.6) is 0 Å². The molecule has 3 aromatic rings. The first kappa shape index (κ1) is 23.7. The minimum Gasteiger partial charge on any atom is -0.300 e. The second-order valence-corrected chi connectivity index (χ2v) is 10.7. The van der Waals surface area contributed by atoms with Crippen molar-refractivity contribution >= 4 is 46.0 Å². The van der Waals surface area contributed by atoms with Crippen molar-refractivity contribution in [3.63, 3.8) is 0 Å². The SMILES string of the molecule is CSCCC(C(=O)Nc1nc2c(s1)CN(Cc1ccccc1)CC2)N1C(=O)c2ccccc2C1=O. The van der Waals surface area contributed by atoms with Crippen LogP contribution in [0, 0.1) is 0 Å². The minimum absolute atomic E-state index is 0.350. The second kappa shape index (κ2) is 10.3. The maximum atomic E-state index is 13.4. The quantitative estimate of drug-likeness (QED) is 0.464. The molecular formula is C26H26N4O3S2. The summed E-state index contributed by atoms with van der Waals surface area (Å²) >= 11 is 3.05. The summed E-state index contributed by atoms with van der Waals surface area (Å²) < 4.78 is 0. The standard InChI is InChI=1S/C26H26N4O3S2/c1-34-14-12-21(30-24(32)18-9-5-6-10-19(18)25(30)33)23(31)28-26-27-20-11-13-29(16-22(20)35-26)15-17-7-3-2-4-8-17/h2-10,21H,11-16H2,1H3,(H,27,28,31). The van der Waals surface area contributed by atoms with E-state index in [0.717, 1.165) is 41.5 Å². The summed E-state index contributed by atoms with van der Waals surface area (Å²) in [5, 5.41) is 3.43. The number of rotatable bonds is 8. The fraction of sp³-hybridized carbons (Fsp3) is 0.308. The highest BCUT2D eigenvalue weighted by molar-refractivity contribution is 7.98. The number of imide groups is 1. The Morgan fingerprint density at radius 2 is 1.77 bits per heavy atom. The molecule has 0 bridgehead atoms. The van der Waals surface area contributed by atoms with E-state index in [-0.39, 0.29) is 5.91 Å². The highest BCUT2D eigenvalue weighted by atomic mass is 32.2. The monoisotopic (exact) mass is 506 g/mol. The van der Waals surface area contributed by atoms with Gasteiger partial charge in [-0.25, -0.2) is 4.98 Å². The van der Waals surface area contributed by atoms with Crippen molar-refractivity contribution in [2.45, 2.75) is 32.0 Å². The predicted octanol–water partition coefficient (Wildman–Crippen LogP) is 4.06. The summed E-state index contributed by atoms with van der Waals surface area (Å²) in [5.41, 5.74) is 2.98. The first-order valence-corrected chi connectivity index (χ1v) is 13.8. The summed E-state index contributed by atoms with van der Waals surface area (Å²) in [5.74, 6) is -0.557. The molecule has 7 nitrogen and oxygen atoms in total. The number of carbonyl (C=O) groups is 3. The molecule has 0 saturated heterocycles. The molecule has 3 amide bonds. The molecule has 2 aromatic carbocycles. The minimum atomic E-state index is -0.884. The van der Waals surface area contributed by atoms with Gasteiger partial charge in [-0.1, -0.05) is 42.5 Å². The fourth-order valence-electron chi connectivity index (χ4n) is 4.56. The second-order valence-electron chi connectivity index (χ2n) is 8.65. The highest BCUT2D eigenvalue weighted by Gasteiger charge is 2.42. The molecule has 1 aromatic heterocycles. The van der Waals surface area contributed by atoms with Crippen LogP contribution in [0.2, 0.25) is 0 Å². The number of nitrogens with one attached hydrogen (secondary N) is 1. The highest BCUT2D eigenvalue weighted by Crippen LogP contribution is 2.31. The van der Waals surface area contributed by atoms with Gasteiger partial charge >= 0.3 is 0 Å². The van der Waals surface area contributed by atoms with Gasteiger partial charge in [0.15, 0.2) is 5.13 Å². The number of nitrogens with zero attached hydrogens (tertiary/aromatic N) is 3. The summed E-state index contributed by atoms with van der Waals surface area (Å²) in [7, 11) is 0. The zero-order chi connectivity index (χ0) is 24.4. The Morgan fingerprint density at radius 3 is 2.46 bits per heavy atom. The average Bonchev–Trinajstić information content (AvgIpc) is 3.38. The zero-order valence-electron chi connectivity index (χ0n) is 19.4. The first-order valence-electron chi connectivity index (χ1n) is 11.6. The number of anilines is 1. The van der Waals surface area contributed by atoms with E-state index in [1.807, 2.05) is 24.5 Å². The van der Waals surface area contributed by atoms with Crippen LogP contribution in [0.25, 0.3) is 0 Å². The number of fused-ring (bicyclic) bond motifs is 2. The predicted molar refractivity (Wildman–Crippen MR) is 139 cm³/mol. The third kappa shape index (κ3) is 4.89. The van der Waals surface area contributed by atoms with E-state index in [4.69, 9.17) is 0 Å². The van der Waals surface area contributed by atoms with Crippen molar-refractivity contribution in [2.75, 3.05) is 23.9 Å². The molecule has 180 valence electrons. The molecular weight excluding hydrogens is 480 g/mol. The van der Waals surface area contributed by atoms with Gasteiger partial charge in [0.25, 0.3) is 11.8 Å². The van der Waals surface area contributed by atoms with Gasteiger partial charge in [0.2, 0.25) is 5.91 Å². The van der Waals surface area contributed by atoms with Gasteiger partial charge in [-0.3, -0.25) is 24.2 Å². The summed E-state index contributed by atoms with van der Waals surface area (Å²) in [6.45, 7) is 2.56. The van der Waals surface area contributed by atoms with Crippen LogP contribution in [0.1, 0.15) is 43.3 Å². The fourth-order valence-corrected chi connectivity index (χ4v) is 6.08. The van der Waals surface area contributed by atoms with Crippen molar-refractivity contribution in [2.24, 2.45) is 0 Å². The van der Waals surface area contributed by atoms with E-state index in [1.165, 1.54) is 16.9 Å². The van der Waals surface area contributed by atoms with Crippen molar-refractivity contribution in [3.05, 3.63) is 81.9 Å². The largest absolute Gasteiger partial charge is 0.300 e. The van der Waals surface area contributed by atoms with Crippen LogP contribution >= 0.6 is 23.1 Å². The number of carbonyl (C=O) groups excluding carboxylic acids is 3. The van der Waals surface area contributed by atoms with Gasteiger partial charge in [0.1, 0.15) is 6.04 Å². The van der Waals surface area contributed by atoms with E-state index in [9.17, 15) is 14.4 Å². The molecule has 0 saturated carbocycles. The van der Waals surface area contributed by atoms with E-state index in [2.05, 4.69) is 27.3 Å². The lowest BCUT2D eigenvalue weighted by molar-refractivity contribution is -0.120. The van der Waals surface area contributed by atoms with Gasteiger partial charge in [-0.15, -0.1) is 11.3 Å². The molecule has 0 aliphatic carbocycles. The van der Waals surface area contributed by atoms with Crippen LogP contribution in [0.4, 0.5) is 5.13 Å². The number of aromatic nitrogens is 1. The van der Waals surface area contributed by atoms with Crippen LogP contribution in [0.3, 0.4) is 0 Å². The molecule has 1 unspecified atom stereocenters. The number of thiazole rings is 1. The van der Waals surface area contributed by atoms with Gasteiger partial charge in [-0.05, 0) is 36.1 Å². The zero-order valence-corrected chi connectivity index (χ0v) is 21.0. The molecule has 0 fully saturated rings. The Kier molecular flexibility index (Phi) is 6.99. The number of hydrogen-bond donors (Lipinski definition) is 1. The van der Waals surface area contributed by atoms with Gasteiger partial charge in [0, 0.05) is 30.9 Å². The average molecular weight is 507 g/mol. The first-order chi connectivity index (χ1) is 17.0. The van der Waals surface area contributed by atoms with Crippen LogP contribution < -0.4 is 5.32 Å². The Labute approximate surface area is 212 Å². The molecule has 2 aliphatic rings. The van der Waals surface area contributed by atoms with Crippen molar-refractivity contribution in [3.8, 4) is 0 Å². The maximum absolute atomic E-state index is 13.4. The Hall–Kier alpha value is -3.01. The Morgan fingerprint density at radius 1 is 1.09 bits per heavy atom. The van der Waals surface area contributed by atoms with Gasteiger partial charge in [0.05, 0.1) is 16.8 Å². The molecule has 0 spiro atoms. The lowest BCUT2D eigenvalue weighted by atomic mass is 10.1. The third-order valence-corrected chi connectivity index (χ3v) is 7.97. The molecule has 2 aliphatic heterocycles. The molecule has 9 heteroatoms. The van der Waals surface area contributed by atoms with E-state index < -0.39 is 17.9 Å². The number of thioether (sulfide) groups is 1. The Balaban J connectivity index is 1.30. The lowest BCUT2D eigenvalue weighted by Gasteiger charge is -2.25. The van der Waals surface area contributed by atoms with Crippen molar-refractivity contribution in [1.29, 1.82) is 0 Å². The normalized spacial score (nSPS) is 16.2. The smallest absolute Gasteiger partial charge is 0.262 e. The van der Waals surface area contributed by atoms with Crippen LogP contribution in [-0.4, -0.2) is 57.1 Å². The number of hydrogen-bond acceptors (Lipinski definition) is 7. The third-order valence-electron chi connectivity index (χ3n) is 6.32. The van der Waals surface area contributed by atoms with Crippen LogP contribution in [0.15, 0.2) is 54.6 Å². The Bertz CT molecular complexity index is 1230. The maximum Gasteiger partial charge on any atom is 0.262 e. The van der Waals surface area contributed by atoms with E-state index >= 15 is 0 Å². The summed E-state index contributed by atoms with van der Waals surface area (Å²) in [4.78, 5) is 48.7. The number of benzene rings is 2. The summed E-state index contributed by atoms with van der Waals surface area (Å²) in [6, 6.07) is 16.2. The summed E-state index contributed by atoms with van der Waals surface area (Å²) in [6.07, 6.45) is 3.14. The molecule has 35 heavy (non-hydrogen) atoms. The molecule has 1 N–H and O–H groups in total. The van der Waals surface area contributed by atoms with E-state index in [0.29, 0.717) is 28.4 Å². The number of amides is 3. The van der Waals surface area contributed by atoms with Gasteiger partial charge in [-0.2, -0.15) is 11.8 Å².